The van der Waals surface area contributed by atoms with E-state index in [0.29, 0.717) is 22.8 Å². The molecule has 2 heterocycles. The second-order valence-electron chi connectivity index (χ2n) is 6.92. The van der Waals surface area contributed by atoms with E-state index in [2.05, 4.69) is 20.3 Å². The maximum Gasteiger partial charge on any atom is 0.274 e. The minimum atomic E-state index is -0.782. The van der Waals surface area contributed by atoms with Gasteiger partial charge in [-0.15, -0.1) is 0 Å². The topological polar surface area (TPSA) is 102 Å². The molecule has 0 bridgehead atoms. The Morgan fingerprint density at radius 2 is 2.24 bits per heavy atom. The molecule has 9 heteroatoms. The molecule has 1 aliphatic carbocycles. The quantitative estimate of drug-likeness (QED) is 0.792. The van der Waals surface area contributed by atoms with Gasteiger partial charge in [-0.3, -0.25) is 9.79 Å². The van der Waals surface area contributed by atoms with E-state index in [1.165, 1.54) is 42.5 Å². The molecule has 0 unspecified atom stereocenters. The summed E-state index contributed by atoms with van der Waals surface area (Å²) in [6.45, 7) is 0. The molecule has 2 aliphatic rings. The summed E-state index contributed by atoms with van der Waals surface area (Å²) in [5.41, 5.74) is 6.36. The highest BCUT2D eigenvalue weighted by atomic mass is 32.2. The molecular formula is C20H24FN5O2S. The molecule has 0 radical (unpaired) electrons. The summed E-state index contributed by atoms with van der Waals surface area (Å²) in [4.78, 5) is 24.8. The number of thioether (sulfide) groups is 1. The highest BCUT2D eigenvalue weighted by Gasteiger charge is 2.52. The number of methoxy groups -OCH3 is 1. The van der Waals surface area contributed by atoms with Gasteiger partial charge >= 0.3 is 0 Å². The zero-order valence-electron chi connectivity index (χ0n) is 15.3. The van der Waals surface area contributed by atoms with Gasteiger partial charge in [0.2, 0.25) is 0 Å². The first kappa shape index (κ1) is 21.2. The first-order chi connectivity index (χ1) is 13.5. The van der Waals surface area contributed by atoms with Crippen LogP contribution in [-0.4, -0.2) is 40.0 Å². The molecule has 0 saturated heterocycles. The lowest BCUT2D eigenvalue weighted by Crippen LogP contribution is -2.37. The van der Waals surface area contributed by atoms with Crippen LogP contribution in [0.15, 0.2) is 41.8 Å². The van der Waals surface area contributed by atoms with Crippen LogP contribution in [0.3, 0.4) is 0 Å². The molecule has 1 fully saturated rings. The van der Waals surface area contributed by atoms with Crippen LogP contribution in [0.1, 0.15) is 36.3 Å². The van der Waals surface area contributed by atoms with Gasteiger partial charge in [-0.25, -0.2) is 14.4 Å². The van der Waals surface area contributed by atoms with Crippen LogP contribution < -0.4 is 11.1 Å². The van der Waals surface area contributed by atoms with Crippen LogP contribution in [0, 0.1) is 11.7 Å². The van der Waals surface area contributed by atoms with Gasteiger partial charge < -0.3 is 15.8 Å². The zero-order valence-corrected chi connectivity index (χ0v) is 16.1. The Morgan fingerprint density at radius 1 is 1.41 bits per heavy atom. The number of amides is 1. The molecule has 3 N–H and O–H groups in total. The Kier molecular flexibility index (Phi) is 6.18. The number of nitrogens with one attached hydrogen (secondary N) is 1. The van der Waals surface area contributed by atoms with Crippen molar-refractivity contribution in [2.24, 2.45) is 16.6 Å². The standard InChI is InChI=1S/C19H20FN5O2S.CH4/c1-27-13-6-11-9-28-18(21)25-19(11,8-13)14-7-12(2-3-15(14)20)24-17(26)16-4-5-22-10-23-16;/h2-5,7,10-11,13H,6,8-9H2,1H3,(H2,21,25)(H,24,26);1H4/t11-,13-,19-;/m0./s1. The van der Waals surface area contributed by atoms with Crippen molar-refractivity contribution in [1.29, 1.82) is 0 Å². The van der Waals surface area contributed by atoms with Crippen LogP contribution >= 0.6 is 11.8 Å². The Hall–Kier alpha value is -2.52. The molecule has 1 aliphatic heterocycles. The molecule has 7 nitrogen and oxygen atoms in total. The molecular weight excluding hydrogens is 393 g/mol. The summed E-state index contributed by atoms with van der Waals surface area (Å²) in [5, 5.41) is 3.21. The van der Waals surface area contributed by atoms with Gasteiger partial charge in [-0.2, -0.15) is 0 Å². The van der Waals surface area contributed by atoms with E-state index >= 15 is 0 Å². The Bertz CT molecular complexity index is 926. The highest BCUT2D eigenvalue weighted by Crippen LogP contribution is 2.52. The lowest BCUT2D eigenvalue weighted by atomic mass is 9.81. The van der Waals surface area contributed by atoms with Crippen molar-refractivity contribution in [3.05, 3.63) is 53.9 Å². The maximum atomic E-state index is 14.9. The van der Waals surface area contributed by atoms with Gasteiger partial charge in [0.25, 0.3) is 5.91 Å². The second-order valence-corrected chi connectivity index (χ2v) is 7.96. The van der Waals surface area contributed by atoms with Gasteiger partial charge in [0.1, 0.15) is 17.8 Å². The lowest BCUT2D eigenvalue weighted by molar-refractivity contribution is 0.101. The number of nitrogens with zero attached hydrogens (tertiary/aromatic N) is 3. The molecule has 1 aromatic carbocycles. The summed E-state index contributed by atoms with van der Waals surface area (Å²) in [6, 6.07) is 6.03. The average Bonchev–Trinajstić information content (AvgIpc) is 3.09. The molecule has 154 valence electrons. The maximum absolute atomic E-state index is 14.9. The number of carbonyl (C=O) groups is 1. The van der Waals surface area contributed by atoms with Crippen molar-refractivity contribution in [2.45, 2.75) is 31.9 Å². The Labute approximate surface area is 173 Å². The van der Waals surface area contributed by atoms with Crippen LogP contribution in [0.5, 0.6) is 0 Å². The molecule has 2 aromatic rings. The fourth-order valence-electron chi connectivity index (χ4n) is 3.99. The Balaban J connectivity index is 0.00000240. The number of aliphatic imine (C=N–C) groups is 1. The first-order valence-corrected chi connectivity index (χ1v) is 9.88. The monoisotopic (exact) mass is 417 g/mol. The number of benzene rings is 1. The smallest absolute Gasteiger partial charge is 0.274 e. The van der Waals surface area contributed by atoms with E-state index in [-0.39, 0.29) is 31.0 Å². The van der Waals surface area contributed by atoms with Crippen LogP contribution in [0.2, 0.25) is 0 Å². The minimum absolute atomic E-state index is 0. The third-order valence-electron chi connectivity index (χ3n) is 5.34. The predicted octanol–water partition coefficient (Wildman–Crippen LogP) is 3.19. The summed E-state index contributed by atoms with van der Waals surface area (Å²) >= 11 is 1.48. The fourth-order valence-corrected chi connectivity index (χ4v) is 5.00. The summed E-state index contributed by atoms with van der Waals surface area (Å²) in [6.07, 6.45) is 4.11. The highest BCUT2D eigenvalue weighted by molar-refractivity contribution is 8.13. The number of nitrogens with two attached hydrogens (primary N) is 1. The normalized spacial score (nSPS) is 25.5. The third kappa shape index (κ3) is 3.97. The van der Waals surface area contributed by atoms with E-state index in [0.717, 1.165) is 12.2 Å². The predicted molar refractivity (Wildman–Crippen MR) is 112 cm³/mol. The average molecular weight is 418 g/mol. The Morgan fingerprint density at radius 3 is 2.97 bits per heavy atom. The number of hydrogen-bond donors (Lipinski definition) is 2. The summed E-state index contributed by atoms with van der Waals surface area (Å²) < 4.78 is 20.5. The van der Waals surface area contributed by atoms with Gasteiger partial charge in [0, 0.05) is 42.6 Å². The van der Waals surface area contributed by atoms with Crippen molar-refractivity contribution in [1.82, 2.24) is 9.97 Å². The number of halogens is 1. The molecule has 29 heavy (non-hydrogen) atoms. The number of fused-ring (bicyclic) bond motifs is 1. The third-order valence-corrected chi connectivity index (χ3v) is 6.30. The number of aromatic nitrogens is 2. The SMILES string of the molecule is C.CO[C@H]1C[C@H]2CSC(N)=N[C@@]2(c2cc(NC(=O)c3ccncn3)ccc2F)C1. The number of ether oxygens (including phenoxy) is 1. The number of carbonyl (C=O) groups excluding carboxylic acids is 1. The lowest BCUT2D eigenvalue weighted by Gasteiger charge is -2.36. The van der Waals surface area contributed by atoms with Crippen LogP contribution in [0.4, 0.5) is 10.1 Å². The number of anilines is 1. The summed E-state index contributed by atoms with van der Waals surface area (Å²) in [7, 11) is 1.66. The van der Waals surface area contributed by atoms with E-state index in [4.69, 9.17) is 10.5 Å². The van der Waals surface area contributed by atoms with E-state index < -0.39 is 11.4 Å². The number of hydrogen-bond acceptors (Lipinski definition) is 7. The van der Waals surface area contributed by atoms with Crippen LogP contribution in [0.25, 0.3) is 0 Å². The van der Waals surface area contributed by atoms with E-state index in [1.54, 1.807) is 13.2 Å². The van der Waals surface area contributed by atoms with Crippen molar-refractivity contribution in [2.75, 3.05) is 18.2 Å². The van der Waals surface area contributed by atoms with Gasteiger partial charge in [0.15, 0.2) is 5.17 Å². The van der Waals surface area contributed by atoms with E-state index in [9.17, 15) is 9.18 Å². The van der Waals surface area contributed by atoms with Gasteiger partial charge in [-0.05, 0) is 30.7 Å². The molecule has 1 saturated carbocycles. The van der Waals surface area contributed by atoms with Gasteiger partial charge in [0.05, 0.1) is 11.6 Å². The summed E-state index contributed by atoms with van der Waals surface area (Å²) in [5.74, 6) is 0.103. The van der Waals surface area contributed by atoms with Crippen molar-refractivity contribution in [3.8, 4) is 0 Å². The number of amidine groups is 1. The molecule has 0 spiro atoms. The van der Waals surface area contributed by atoms with E-state index in [1.807, 2.05) is 0 Å². The second kappa shape index (κ2) is 8.46. The first-order valence-electron chi connectivity index (χ1n) is 8.90. The van der Waals surface area contributed by atoms with Gasteiger partial charge in [-0.1, -0.05) is 19.2 Å². The minimum Gasteiger partial charge on any atom is -0.381 e. The molecule has 1 amide bonds. The van der Waals surface area contributed by atoms with Crippen molar-refractivity contribution in [3.63, 3.8) is 0 Å². The van der Waals surface area contributed by atoms with Crippen LogP contribution in [-0.2, 0) is 10.3 Å². The fraction of sp³-hybridized carbons (Fsp3) is 0.400. The molecule has 4 rings (SSSR count). The van der Waals surface area contributed by atoms with Crippen molar-refractivity contribution < 1.29 is 13.9 Å². The molecule has 3 atom stereocenters. The zero-order chi connectivity index (χ0) is 19.7. The molecule has 1 aromatic heterocycles. The largest absolute Gasteiger partial charge is 0.381 e. The van der Waals surface area contributed by atoms with Crippen molar-refractivity contribution >= 4 is 28.5 Å². The number of rotatable bonds is 4.